The molecule has 0 aromatic heterocycles. The van der Waals surface area contributed by atoms with Crippen LogP contribution in [-0.2, 0) is 4.74 Å². The number of aliphatic imine (C=N–C) groups is 1. The lowest BCUT2D eigenvalue weighted by Crippen LogP contribution is -2.11. The Balaban J connectivity index is 1.83. The van der Waals surface area contributed by atoms with Gasteiger partial charge in [0.25, 0.3) is 0 Å². The highest BCUT2D eigenvalue weighted by atomic mass is 16.5. The van der Waals surface area contributed by atoms with E-state index in [0.29, 0.717) is 5.90 Å². The van der Waals surface area contributed by atoms with Gasteiger partial charge >= 0.3 is 0 Å². The molecule has 0 amide bonds. The molecule has 0 spiro atoms. The predicted octanol–water partition coefficient (Wildman–Crippen LogP) is 7.11. The second-order valence-electron chi connectivity index (χ2n) is 8.02. The van der Waals surface area contributed by atoms with Crippen LogP contribution in [0.3, 0.4) is 0 Å². The highest BCUT2D eigenvalue weighted by Crippen LogP contribution is 2.38. The molecule has 1 heterocycles. The van der Waals surface area contributed by atoms with Gasteiger partial charge in [-0.1, -0.05) is 66.7 Å². The van der Waals surface area contributed by atoms with E-state index >= 15 is 0 Å². The Kier molecular flexibility index (Phi) is 5.45. The van der Waals surface area contributed by atoms with Crippen molar-refractivity contribution in [3.05, 3.63) is 106 Å². The first-order valence-electron chi connectivity index (χ1n) is 10.4. The molecule has 3 nitrogen and oxygen atoms in total. The van der Waals surface area contributed by atoms with Crippen molar-refractivity contribution in [2.24, 2.45) is 4.99 Å². The Bertz CT molecular complexity index is 1100. The number of rotatable bonds is 4. The Labute approximate surface area is 179 Å². The minimum atomic E-state index is -0.152. The summed E-state index contributed by atoms with van der Waals surface area (Å²) in [6, 6.07) is 22.9. The normalized spacial score (nSPS) is 17.4. The lowest BCUT2D eigenvalue weighted by atomic mass is 10.0. The molecule has 1 N–H and O–H groups in total. The zero-order valence-corrected chi connectivity index (χ0v) is 18.3. The molecule has 1 aliphatic heterocycles. The van der Waals surface area contributed by atoms with Gasteiger partial charge in [-0.05, 0) is 62.4 Å². The molecule has 1 atom stereocenters. The topological polar surface area (TPSA) is 33.6 Å². The van der Waals surface area contributed by atoms with Gasteiger partial charge in [0.1, 0.15) is 11.8 Å². The van der Waals surface area contributed by atoms with Crippen LogP contribution >= 0.6 is 0 Å². The zero-order chi connectivity index (χ0) is 21.3. The fourth-order valence-corrected chi connectivity index (χ4v) is 3.96. The Morgan fingerprint density at radius 3 is 1.87 bits per heavy atom. The monoisotopic (exact) mass is 396 g/mol. The standard InChI is InChI=1S/C27H28N2O/c1-17-11-9-12-18(2)23(17)28-25-21(5)26(22-15-7-6-8-16-22)30-27(25)29-24-19(3)13-10-14-20(24)4/h6-16,26,28H,1-5H3. The number of nitrogens with zero attached hydrogens (tertiary/aromatic N) is 1. The first-order chi connectivity index (χ1) is 14.5. The van der Waals surface area contributed by atoms with E-state index in [1.54, 1.807) is 0 Å². The van der Waals surface area contributed by atoms with Crippen LogP contribution in [0.1, 0.15) is 40.8 Å². The summed E-state index contributed by atoms with van der Waals surface area (Å²) >= 11 is 0. The van der Waals surface area contributed by atoms with Gasteiger partial charge in [-0.25, -0.2) is 4.99 Å². The molecule has 0 radical (unpaired) electrons. The molecule has 3 aromatic carbocycles. The van der Waals surface area contributed by atoms with Crippen molar-refractivity contribution < 1.29 is 4.74 Å². The van der Waals surface area contributed by atoms with E-state index < -0.39 is 0 Å². The number of hydrogen-bond acceptors (Lipinski definition) is 3. The molecule has 3 heteroatoms. The van der Waals surface area contributed by atoms with E-state index in [-0.39, 0.29) is 6.10 Å². The summed E-state index contributed by atoms with van der Waals surface area (Å²) in [7, 11) is 0. The van der Waals surface area contributed by atoms with E-state index in [9.17, 15) is 0 Å². The number of para-hydroxylation sites is 2. The molecule has 3 aromatic rings. The SMILES string of the molecule is CC1=C(Nc2c(C)cccc2C)C(=Nc2c(C)cccc2C)OC1c1ccccc1. The van der Waals surface area contributed by atoms with E-state index in [1.807, 2.05) is 18.2 Å². The molecule has 0 aliphatic carbocycles. The third-order valence-corrected chi connectivity index (χ3v) is 5.72. The Morgan fingerprint density at radius 1 is 0.700 bits per heavy atom. The predicted molar refractivity (Wildman–Crippen MR) is 126 cm³/mol. The Morgan fingerprint density at radius 2 is 1.27 bits per heavy atom. The van der Waals surface area contributed by atoms with Crippen molar-refractivity contribution in [1.82, 2.24) is 0 Å². The highest BCUT2D eigenvalue weighted by Gasteiger charge is 2.32. The first-order valence-corrected chi connectivity index (χ1v) is 10.4. The van der Waals surface area contributed by atoms with Crippen LogP contribution in [0.4, 0.5) is 11.4 Å². The third-order valence-electron chi connectivity index (χ3n) is 5.72. The van der Waals surface area contributed by atoms with Crippen LogP contribution in [0.15, 0.2) is 83.0 Å². The lowest BCUT2D eigenvalue weighted by Gasteiger charge is -2.14. The van der Waals surface area contributed by atoms with Crippen molar-refractivity contribution in [2.75, 3.05) is 5.32 Å². The van der Waals surface area contributed by atoms with Gasteiger partial charge in [0.05, 0.1) is 5.69 Å². The van der Waals surface area contributed by atoms with Crippen molar-refractivity contribution in [3.63, 3.8) is 0 Å². The number of ether oxygens (including phenoxy) is 1. The van der Waals surface area contributed by atoms with E-state index in [1.165, 1.54) is 11.1 Å². The number of nitrogens with one attached hydrogen (secondary N) is 1. The van der Waals surface area contributed by atoms with Gasteiger partial charge < -0.3 is 10.1 Å². The molecule has 0 saturated carbocycles. The quantitative estimate of drug-likeness (QED) is 0.510. The maximum atomic E-state index is 6.45. The van der Waals surface area contributed by atoms with Crippen LogP contribution in [-0.4, -0.2) is 5.90 Å². The number of anilines is 1. The largest absolute Gasteiger partial charge is 0.463 e. The number of benzene rings is 3. The molecule has 1 unspecified atom stereocenters. The van der Waals surface area contributed by atoms with Gasteiger partial charge in [-0.3, -0.25) is 0 Å². The van der Waals surface area contributed by atoms with E-state index in [0.717, 1.165) is 39.3 Å². The average Bonchev–Trinajstić information content (AvgIpc) is 3.04. The molecule has 4 rings (SSSR count). The van der Waals surface area contributed by atoms with E-state index in [2.05, 4.69) is 88.5 Å². The number of aryl methyl sites for hydroxylation is 4. The van der Waals surface area contributed by atoms with Gasteiger partial charge in [-0.15, -0.1) is 0 Å². The number of hydrogen-bond donors (Lipinski definition) is 1. The van der Waals surface area contributed by atoms with Gasteiger partial charge in [0.15, 0.2) is 0 Å². The van der Waals surface area contributed by atoms with Crippen molar-refractivity contribution in [2.45, 2.75) is 40.7 Å². The maximum absolute atomic E-state index is 6.45. The van der Waals surface area contributed by atoms with Gasteiger partial charge in [-0.2, -0.15) is 0 Å². The second kappa shape index (κ2) is 8.19. The highest BCUT2D eigenvalue weighted by molar-refractivity contribution is 6.01. The summed E-state index contributed by atoms with van der Waals surface area (Å²) < 4.78 is 6.45. The molecule has 152 valence electrons. The summed E-state index contributed by atoms with van der Waals surface area (Å²) in [6.07, 6.45) is -0.152. The van der Waals surface area contributed by atoms with Crippen molar-refractivity contribution in [3.8, 4) is 0 Å². The fourth-order valence-electron chi connectivity index (χ4n) is 3.96. The molecule has 0 fully saturated rings. The van der Waals surface area contributed by atoms with Crippen LogP contribution in [0.25, 0.3) is 0 Å². The van der Waals surface area contributed by atoms with E-state index in [4.69, 9.17) is 9.73 Å². The molecule has 1 aliphatic rings. The molecule has 30 heavy (non-hydrogen) atoms. The van der Waals surface area contributed by atoms with Crippen molar-refractivity contribution >= 4 is 17.3 Å². The first kappa shape index (κ1) is 20.0. The smallest absolute Gasteiger partial charge is 0.239 e. The Hall–Kier alpha value is -3.33. The summed E-state index contributed by atoms with van der Waals surface area (Å²) in [5.74, 6) is 0.640. The second-order valence-corrected chi connectivity index (χ2v) is 8.02. The lowest BCUT2D eigenvalue weighted by molar-refractivity contribution is 0.246. The van der Waals surface area contributed by atoms with Crippen LogP contribution in [0.2, 0.25) is 0 Å². The fraction of sp³-hybridized carbons (Fsp3) is 0.222. The van der Waals surface area contributed by atoms with Crippen LogP contribution in [0, 0.1) is 27.7 Å². The van der Waals surface area contributed by atoms with Gasteiger partial charge in [0.2, 0.25) is 5.90 Å². The van der Waals surface area contributed by atoms with Crippen molar-refractivity contribution in [1.29, 1.82) is 0 Å². The summed E-state index contributed by atoms with van der Waals surface area (Å²) in [4.78, 5) is 4.99. The zero-order valence-electron chi connectivity index (χ0n) is 18.3. The molecular formula is C27H28N2O. The summed E-state index contributed by atoms with van der Waals surface area (Å²) in [5.41, 5.74) is 9.96. The minimum absolute atomic E-state index is 0.152. The molecular weight excluding hydrogens is 368 g/mol. The minimum Gasteiger partial charge on any atom is -0.463 e. The molecule has 0 saturated heterocycles. The molecule has 0 bridgehead atoms. The van der Waals surface area contributed by atoms with Gasteiger partial charge in [0, 0.05) is 11.3 Å². The summed E-state index contributed by atoms with van der Waals surface area (Å²) in [5, 5.41) is 3.66. The van der Waals surface area contributed by atoms with Crippen LogP contribution in [0.5, 0.6) is 0 Å². The third kappa shape index (κ3) is 3.76. The maximum Gasteiger partial charge on any atom is 0.239 e. The average molecular weight is 397 g/mol. The summed E-state index contributed by atoms with van der Waals surface area (Å²) in [6.45, 7) is 10.5. The van der Waals surface area contributed by atoms with Crippen LogP contribution < -0.4 is 5.32 Å².